The van der Waals surface area contributed by atoms with E-state index in [1.165, 1.54) is 16.7 Å². The molecule has 1 aromatic carbocycles. The van der Waals surface area contributed by atoms with Crippen molar-refractivity contribution < 1.29 is 9.53 Å². The van der Waals surface area contributed by atoms with Gasteiger partial charge in [-0.1, -0.05) is 6.07 Å². The van der Waals surface area contributed by atoms with Crippen molar-refractivity contribution in [3.8, 4) is 5.75 Å². The Kier molecular flexibility index (Phi) is 4.68. The van der Waals surface area contributed by atoms with Crippen LogP contribution < -0.4 is 4.74 Å². The summed E-state index contributed by atoms with van der Waals surface area (Å²) < 4.78 is 7.90. The summed E-state index contributed by atoms with van der Waals surface area (Å²) in [6.07, 6.45) is 3.13. The maximum absolute atomic E-state index is 13.7. The third-order valence-electron chi connectivity index (χ3n) is 9.02. The molecule has 6 heteroatoms. The molecule has 3 heterocycles. The van der Waals surface area contributed by atoms with E-state index in [0.29, 0.717) is 12.0 Å². The van der Waals surface area contributed by atoms with Gasteiger partial charge < -0.3 is 19.5 Å². The van der Waals surface area contributed by atoms with E-state index in [-0.39, 0.29) is 29.5 Å². The Morgan fingerprint density at radius 1 is 1.24 bits per heavy atom. The van der Waals surface area contributed by atoms with Crippen LogP contribution >= 0.6 is 15.9 Å². The highest BCUT2D eigenvalue weighted by molar-refractivity contribution is 9.10. The standard InChI is InChI=1S/C27H34BrN3O2/c1-13(2)31(14(3)4)26(32)22-15(5)17-12-18-20-11-16-7-8-19(28)24-21(16)27(18,9-10-30(20)6)25(33-24)23(17)29-22/h7-8,13-14,18,20,25,29H,9-12H2,1-6H3. The third kappa shape index (κ3) is 2.65. The van der Waals surface area contributed by atoms with Crippen molar-refractivity contribution in [1.29, 1.82) is 0 Å². The quantitative estimate of drug-likeness (QED) is 0.619. The van der Waals surface area contributed by atoms with Crippen LogP contribution in [0.3, 0.4) is 0 Å². The van der Waals surface area contributed by atoms with Crippen molar-refractivity contribution in [2.24, 2.45) is 5.92 Å². The lowest BCUT2D eigenvalue weighted by Crippen LogP contribution is -2.62. The Hall–Kier alpha value is -1.79. The van der Waals surface area contributed by atoms with Crippen LogP contribution in [0.15, 0.2) is 16.6 Å². The Labute approximate surface area is 205 Å². The lowest BCUT2D eigenvalue weighted by Gasteiger charge is -2.57. The normalized spacial score (nSPS) is 29.2. The number of carbonyl (C=O) groups is 1. The zero-order valence-electron chi connectivity index (χ0n) is 20.5. The molecule has 0 radical (unpaired) electrons. The number of ether oxygens (including phenoxy) is 1. The average Bonchev–Trinajstić information content (AvgIpc) is 3.26. The number of amides is 1. The number of hydrogen-bond donors (Lipinski definition) is 1. The monoisotopic (exact) mass is 511 g/mol. The molecule has 6 rings (SSSR count). The van der Waals surface area contributed by atoms with Gasteiger partial charge in [0.05, 0.1) is 10.2 Å². The summed E-state index contributed by atoms with van der Waals surface area (Å²) in [4.78, 5) is 21.9. The van der Waals surface area contributed by atoms with Crippen molar-refractivity contribution >= 4 is 21.8 Å². The maximum atomic E-state index is 13.7. The Morgan fingerprint density at radius 3 is 2.67 bits per heavy atom. The fourth-order valence-electron chi connectivity index (χ4n) is 7.68. The summed E-state index contributed by atoms with van der Waals surface area (Å²) in [5, 5.41) is 0. The van der Waals surface area contributed by atoms with Crippen LogP contribution in [0.25, 0.3) is 0 Å². The van der Waals surface area contributed by atoms with Crippen molar-refractivity contribution in [3.05, 3.63) is 50.2 Å². The van der Waals surface area contributed by atoms with E-state index in [9.17, 15) is 4.79 Å². The van der Waals surface area contributed by atoms with E-state index in [1.54, 1.807) is 0 Å². The van der Waals surface area contributed by atoms with Crippen LogP contribution in [0.5, 0.6) is 5.75 Å². The Morgan fingerprint density at radius 2 is 1.97 bits per heavy atom. The molecule has 0 saturated carbocycles. The highest BCUT2D eigenvalue weighted by Crippen LogP contribution is 2.66. The number of hydrogen-bond acceptors (Lipinski definition) is 3. The van der Waals surface area contributed by atoms with Crippen LogP contribution in [-0.2, 0) is 18.3 Å². The van der Waals surface area contributed by atoms with Gasteiger partial charge in [0, 0.05) is 29.1 Å². The van der Waals surface area contributed by atoms with E-state index in [2.05, 4.69) is 79.6 Å². The molecular formula is C27H34BrN3O2. The second-order valence-corrected chi connectivity index (χ2v) is 12.0. The molecule has 2 bridgehead atoms. The fraction of sp³-hybridized carbons (Fsp3) is 0.593. The van der Waals surface area contributed by atoms with Gasteiger partial charge in [0.15, 0.2) is 0 Å². The van der Waals surface area contributed by atoms with Crippen LogP contribution in [0, 0.1) is 12.8 Å². The maximum Gasteiger partial charge on any atom is 0.271 e. The minimum absolute atomic E-state index is 0.00966. The molecule has 4 aliphatic rings. The van der Waals surface area contributed by atoms with Gasteiger partial charge in [0.2, 0.25) is 0 Å². The van der Waals surface area contributed by atoms with Gasteiger partial charge >= 0.3 is 0 Å². The van der Waals surface area contributed by atoms with E-state index < -0.39 is 0 Å². The molecule has 2 aromatic rings. The number of carbonyl (C=O) groups excluding carboxylic acids is 1. The van der Waals surface area contributed by atoms with E-state index in [0.717, 1.165) is 53.0 Å². The second kappa shape index (κ2) is 7.11. The number of aromatic amines is 1. The third-order valence-corrected chi connectivity index (χ3v) is 9.65. The second-order valence-electron chi connectivity index (χ2n) is 11.2. The predicted octanol–water partition coefficient (Wildman–Crippen LogP) is 5.15. The van der Waals surface area contributed by atoms with E-state index in [1.807, 2.05) is 4.90 Å². The van der Waals surface area contributed by atoms with Gasteiger partial charge in [0.25, 0.3) is 5.91 Å². The van der Waals surface area contributed by atoms with Gasteiger partial charge in [0.1, 0.15) is 17.5 Å². The highest BCUT2D eigenvalue weighted by Gasteiger charge is 2.65. The molecule has 33 heavy (non-hydrogen) atoms. The molecule has 4 atom stereocenters. The van der Waals surface area contributed by atoms with Crippen molar-refractivity contribution in [1.82, 2.24) is 14.8 Å². The van der Waals surface area contributed by atoms with E-state index in [4.69, 9.17) is 4.74 Å². The van der Waals surface area contributed by atoms with Gasteiger partial charge in [-0.3, -0.25) is 4.79 Å². The van der Waals surface area contributed by atoms with Gasteiger partial charge in [-0.05, 0) is 112 Å². The Balaban J connectivity index is 1.54. The smallest absolute Gasteiger partial charge is 0.271 e. The number of fused-ring (bicyclic) bond motifs is 2. The van der Waals surface area contributed by atoms with Crippen molar-refractivity contribution in [3.63, 3.8) is 0 Å². The zero-order valence-corrected chi connectivity index (χ0v) is 22.0. The summed E-state index contributed by atoms with van der Waals surface area (Å²) in [6.45, 7) is 11.6. The van der Waals surface area contributed by atoms with Crippen LogP contribution in [0.1, 0.15) is 78.7 Å². The summed E-state index contributed by atoms with van der Waals surface area (Å²) >= 11 is 3.78. The molecule has 5 nitrogen and oxygen atoms in total. The van der Waals surface area contributed by atoms with E-state index >= 15 is 0 Å². The van der Waals surface area contributed by atoms with Crippen molar-refractivity contribution in [2.75, 3.05) is 13.6 Å². The molecule has 1 saturated heterocycles. The first-order valence-corrected chi connectivity index (χ1v) is 13.2. The topological polar surface area (TPSA) is 48.6 Å². The molecule has 1 spiro atoms. The van der Waals surface area contributed by atoms with Crippen molar-refractivity contribution in [2.45, 2.75) is 83.5 Å². The summed E-state index contributed by atoms with van der Waals surface area (Å²) in [5.74, 6) is 1.63. The molecule has 2 aliphatic heterocycles. The minimum Gasteiger partial charge on any atom is -0.482 e. The average molecular weight is 512 g/mol. The predicted molar refractivity (Wildman–Crippen MR) is 133 cm³/mol. The zero-order chi connectivity index (χ0) is 23.4. The van der Waals surface area contributed by atoms with Gasteiger partial charge in [-0.2, -0.15) is 0 Å². The molecule has 1 fully saturated rings. The first-order chi connectivity index (χ1) is 15.7. The summed E-state index contributed by atoms with van der Waals surface area (Å²) in [7, 11) is 2.28. The first-order valence-electron chi connectivity index (χ1n) is 12.4. The number of halogens is 1. The van der Waals surface area contributed by atoms with Gasteiger partial charge in [-0.15, -0.1) is 0 Å². The van der Waals surface area contributed by atoms with Crippen LogP contribution in [-0.4, -0.2) is 52.4 Å². The minimum atomic E-state index is -0.0537. The number of aromatic nitrogens is 1. The fourth-order valence-corrected chi connectivity index (χ4v) is 8.10. The van der Waals surface area contributed by atoms with Crippen LogP contribution in [0.2, 0.25) is 0 Å². The number of piperidine rings is 1. The molecule has 1 aromatic heterocycles. The molecule has 1 N–H and O–H groups in total. The molecule has 4 unspecified atom stereocenters. The number of H-pyrrole nitrogens is 1. The lowest BCUT2D eigenvalue weighted by molar-refractivity contribution is -0.0255. The number of likely N-dealkylation sites (N-methyl/N-ethyl adjacent to an activating group) is 1. The summed E-state index contributed by atoms with van der Waals surface area (Å²) in [5.41, 5.74) is 7.18. The molecule has 176 valence electrons. The number of nitrogens with zero attached hydrogens (tertiary/aromatic N) is 2. The number of rotatable bonds is 3. The van der Waals surface area contributed by atoms with Gasteiger partial charge in [-0.25, -0.2) is 0 Å². The lowest BCUT2D eigenvalue weighted by atomic mass is 9.51. The number of nitrogens with one attached hydrogen (secondary N) is 1. The first kappa shape index (κ1) is 21.7. The largest absolute Gasteiger partial charge is 0.482 e. The van der Waals surface area contributed by atoms with Crippen LogP contribution in [0.4, 0.5) is 0 Å². The Bertz CT molecular complexity index is 1160. The summed E-state index contributed by atoms with van der Waals surface area (Å²) in [6, 6.07) is 5.26. The molecular weight excluding hydrogens is 478 g/mol. The SMILES string of the molecule is Cc1c(C(=O)N(C(C)C)C(C)C)[nH]c2c1CC1C3Cc4ccc(Br)c5c4C1(CCN3C)C2O5. The molecule has 1 amide bonds. The number of benzene rings is 1. The molecule has 2 aliphatic carbocycles. The highest BCUT2D eigenvalue weighted by atomic mass is 79.9. The number of likely N-dealkylation sites (tertiary alicyclic amines) is 1.